The van der Waals surface area contributed by atoms with E-state index in [0.717, 1.165) is 5.56 Å². The van der Waals surface area contributed by atoms with Gasteiger partial charge in [-0.15, -0.1) is 10.2 Å². The molecule has 0 saturated heterocycles. The van der Waals surface area contributed by atoms with Crippen molar-refractivity contribution in [1.82, 2.24) is 15.5 Å². The number of nitrogens with one attached hydrogen (secondary N) is 2. The van der Waals surface area contributed by atoms with Gasteiger partial charge in [0.25, 0.3) is 0 Å². The smallest absolute Gasteiger partial charge is 0.240 e. The summed E-state index contributed by atoms with van der Waals surface area (Å²) in [7, 11) is 0. The summed E-state index contributed by atoms with van der Waals surface area (Å²) in [6.45, 7) is 4.24. The van der Waals surface area contributed by atoms with E-state index >= 15 is 0 Å². The van der Waals surface area contributed by atoms with E-state index in [2.05, 4.69) is 20.8 Å². The molecular formula is C14H17FN4OS. The highest BCUT2D eigenvalue weighted by Crippen LogP contribution is 2.21. The molecule has 0 unspecified atom stereocenters. The quantitative estimate of drug-likeness (QED) is 0.861. The minimum absolute atomic E-state index is 0.0224. The summed E-state index contributed by atoms with van der Waals surface area (Å²) >= 11 is 1.27. The Hall–Kier alpha value is -1.86. The Labute approximate surface area is 126 Å². The summed E-state index contributed by atoms with van der Waals surface area (Å²) in [6.07, 6.45) is 0. The molecule has 1 atom stereocenters. The van der Waals surface area contributed by atoms with Crippen LogP contribution in [0, 0.1) is 11.7 Å². The third-order valence-electron chi connectivity index (χ3n) is 2.98. The second kappa shape index (κ2) is 7.24. The zero-order chi connectivity index (χ0) is 15.2. The first-order valence-electron chi connectivity index (χ1n) is 6.61. The Kier molecular flexibility index (Phi) is 5.35. The molecule has 112 valence electrons. The Morgan fingerprint density at radius 3 is 2.62 bits per heavy atom. The lowest BCUT2D eigenvalue weighted by atomic mass is 9.96. The van der Waals surface area contributed by atoms with Crippen LogP contribution in [0.5, 0.6) is 0 Å². The maximum absolute atomic E-state index is 13.0. The average Bonchev–Trinajstić information content (AvgIpc) is 2.93. The van der Waals surface area contributed by atoms with Crippen LogP contribution in [0.1, 0.15) is 25.5 Å². The van der Waals surface area contributed by atoms with Crippen molar-refractivity contribution in [2.75, 3.05) is 11.9 Å². The van der Waals surface area contributed by atoms with E-state index in [1.807, 2.05) is 13.8 Å². The number of carbonyl (C=O) groups excluding carboxylic acids is 1. The molecule has 0 aliphatic rings. The second-order valence-electron chi connectivity index (χ2n) is 4.95. The highest BCUT2D eigenvalue weighted by Gasteiger charge is 2.17. The van der Waals surface area contributed by atoms with Crippen molar-refractivity contribution in [1.29, 1.82) is 0 Å². The molecule has 5 nitrogen and oxygen atoms in total. The summed E-state index contributed by atoms with van der Waals surface area (Å²) in [5.74, 6) is -0.181. The number of hydrogen-bond donors (Lipinski definition) is 2. The number of amides is 1. The van der Waals surface area contributed by atoms with Gasteiger partial charge in [0.2, 0.25) is 11.0 Å². The fraction of sp³-hybridized carbons (Fsp3) is 0.357. The maximum atomic E-state index is 13.0. The van der Waals surface area contributed by atoms with Gasteiger partial charge in [0, 0.05) is 6.04 Å². The van der Waals surface area contributed by atoms with Gasteiger partial charge < -0.3 is 5.32 Å². The summed E-state index contributed by atoms with van der Waals surface area (Å²) in [5.41, 5.74) is 2.51. The molecule has 2 N–H and O–H groups in total. The van der Waals surface area contributed by atoms with Crippen LogP contribution in [0.2, 0.25) is 0 Å². The predicted molar refractivity (Wildman–Crippen MR) is 80.5 cm³/mol. The average molecular weight is 308 g/mol. The standard InChI is InChI=1S/C14H17FN4OS/c1-9(2)13(10-3-5-11(15)6-4-10)16-7-12(20)18-14-19-17-8-21-14/h3-6,8-9,13,16H,7H2,1-2H3,(H,18,19,20)/t13-/m0/s1. The molecule has 1 aromatic heterocycles. The number of anilines is 1. The molecule has 1 amide bonds. The summed E-state index contributed by atoms with van der Waals surface area (Å²) < 4.78 is 13.0. The molecule has 1 heterocycles. The van der Waals surface area contributed by atoms with E-state index in [9.17, 15) is 9.18 Å². The molecule has 0 bridgehead atoms. The van der Waals surface area contributed by atoms with Crippen molar-refractivity contribution in [3.63, 3.8) is 0 Å². The van der Waals surface area contributed by atoms with Crippen molar-refractivity contribution in [2.24, 2.45) is 5.92 Å². The van der Waals surface area contributed by atoms with Crippen molar-refractivity contribution < 1.29 is 9.18 Å². The molecule has 21 heavy (non-hydrogen) atoms. The lowest BCUT2D eigenvalue weighted by Gasteiger charge is -2.22. The topological polar surface area (TPSA) is 66.9 Å². The van der Waals surface area contributed by atoms with Gasteiger partial charge in [-0.05, 0) is 23.6 Å². The highest BCUT2D eigenvalue weighted by molar-refractivity contribution is 7.13. The number of benzene rings is 1. The number of carbonyl (C=O) groups is 1. The Bertz CT molecular complexity index is 571. The molecule has 0 aliphatic carbocycles. The number of aromatic nitrogens is 2. The third kappa shape index (κ3) is 4.57. The summed E-state index contributed by atoms with van der Waals surface area (Å²) in [5, 5.41) is 13.7. The van der Waals surface area contributed by atoms with Gasteiger partial charge in [0.15, 0.2) is 0 Å². The van der Waals surface area contributed by atoms with Gasteiger partial charge in [0.1, 0.15) is 11.3 Å². The van der Waals surface area contributed by atoms with Crippen LogP contribution in [0.25, 0.3) is 0 Å². The number of halogens is 1. The van der Waals surface area contributed by atoms with Crippen molar-refractivity contribution in [2.45, 2.75) is 19.9 Å². The number of rotatable bonds is 6. The minimum Gasteiger partial charge on any atom is -0.301 e. The SMILES string of the molecule is CC(C)[C@H](NCC(=O)Nc1nncs1)c1ccc(F)cc1. The van der Waals surface area contributed by atoms with Gasteiger partial charge >= 0.3 is 0 Å². The first-order chi connectivity index (χ1) is 10.1. The fourth-order valence-corrected chi connectivity index (χ4v) is 2.46. The van der Waals surface area contributed by atoms with Crippen LogP contribution < -0.4 is 10.6 Å². The molecule has 7 heteroatoms. The molecule has 1 aromatic carbocycles. The number of hydrogen-bond acceptors (Lipinski definition) is 5. The first kappa shape index (κ1) is 15.5. The lowest BCUT2D eigenvalue weighted by molar-refractivity contribution is -0.115. The maximum Gasteiger partial charge on any atom is 0.240 e. The molecule has 0 saturated carbocycles. The van der Waals surface area contributed by atoms with Crippen LogP contribution in [0.4, 0.5) is 9.52 Å². The van der Waals surface area contributed by atoms with E-state index in [1.165, 1.54) is 23.5 Å². The zero-order valence-electron chi connectivity index (χ0n) is 11.8. The molecular weight excluding hydrogens is 291 g/mol. The Morgan fingerprint density at radius 2 is 2.05 bits per heavy atom. The van der Waals surface area contributed by atoms with Crippen LogP contribution in [-0.4, -0.2) is 22.6 Å². The van der Waals surface area contributed by atoms with Gasteiger partial charge in [-0.25, -0.2) is 4.39 Å². The van der Waals surface area contributed by atoms with Crippen LogP contribution >= 0.6 is 11.3 Å². The normalized spacial score (nSPS) is 12.4. The Balaban J connectivity index is 1.94. The van der Waals surface area contributed by atoms with Crippen LogP contribution in [0.3, 0.4) is 0 Å². The zero-order valence-corrected chi connectivity index (χ0v) is 12.7. The van der Waals surface area contributed by atoms with Gasteiger partial charge in [-0.1, -0.05) is 37.3 Å². The largest absolute Gasteiger partial charge is 0.301 e. The Morgan fingerprint density at radius 1 is 1.33 bits per heavy atom. The highest BCUT2D eigenvalue weighted by atomic mass is 32.1. The van der Waals surface area contributed by atoms with Gasteiger partial charge in [-0.2, -0.15) is 0 Å². The predicted octanol–water partition coefficient (Wildman–Crippen LogP) is 2.60. The van der Waals surface area contributed by atoms with Crippen LogP contribution in [-0.2, 0) is 4.79 Å². The second-order valence-corrected chi connectivity index (χ2v) is 5.78. The molecule has 0 spiro atoms. The van der Waals surface area contributed by atoms with Crippen molar-refractivity contribution in [3.8, 4) is 0 Å². The van der Waals surface area contributed by atoms with Crippen LogP contribution in [0.15, 0.2) is 29.8 Å². The summed E-state index contributed by atoms with van der Waals surface area (Å²) in [6, 6.07) is 6.29. The summed E-state index contributed by atoms with van der Waals surface area (Å²) in [4.78, 5) is 11.8. The van der Waals surface area contributed by atoms with E-state index < -0.39 is 0 Å². The molecule has 2 rings (SSSR count). The monoisotopic (exact) mass is 308 g/mol. The molecule has 0 fully saturated rings. The molecule has 0 aliphatic heterocycles. The first-order valence-corrected chi connectivity index (χ1v) is 7.49. The lowest BCUT2D eigenvalue weighted by Crippen LogP contribution is -2.33. The van der Waals surface area contributed by atoms with Gasteiger partial charge in [-0.3, -0.25) is 10.1 Å². The molecule has 2 aromatic rings. The fourth-order valence-electron chi connectivity index (χ4n) is 2.00. The van der Waals surface area contributed by atoms with Gasteiger partial charge in [0.05, 0.1) is 6.54 Å². The third-order valence-corrected chi connectivity index (χ3v) is 3.59. The molecule has 0 radical (unpaired) electrons. The van der Waals surface area contributed by atoms with E-state index in [1.54, 1.807) is 17.6 Å². The number of nitrogens with zero attached hydrogens (tertiary/aromatic N) is 2. The van der Waals surface area contributed by atoms with Crippen molar-refractivity contribution >= 4 is 22.4 Å². The van der Waals surface area contributed by atoms with E-state index in [0.29, 0.717) is 5.13 Å². The van der Waals surface area contributed by atoms with E-state index in [-0.39, 0.29) is 30.2 Å². The van der Waals surface area contributed by atoms with E-state index in [4.69, 9.17) is 0 Å². The minimum atomic E-state index is -0.268. The van der Waals surface area contributed by atoms with Crippen molar-refractivity contribution in [3.05, 3.63) is 41.2 Å².